The van der Waals surface area contributed by atoms with E-state index in [-0.39, 0.29) is 0 Å². The van der Waals surface area contributed by atoms with Crippen LogP contribution in [0.1, 0.15) is 31.2 Å². The summed E-state index contributed by atoms with van der Waals surface area (Å²) in [6.45, 7) is 0. The molecule has 1 aromatic rings. The second kappa shape index (κ2) is 5.54. The van der Waals surface area contributed by atoms with Crippen LogP contribution in [0.25, 0.3) is 0 Å². The molecular weight excluding hydrogens is 330 g/mol. The smallest absolute Gasteiger partial charge is 0.0510 e. The molecule has 0 aliphatic heterocycles. The number of anilines is 1. The molecule has 0 N–H and O–H groups in total. The Morgan fingerprint density at radius 3 is 2.56 bits per heavy atom. The molecule has 0 amide bonds. The minimum absolute atomic E-state index is 0.728. The Bertz CT molecular complexity index is 359. The first-order chi connectivity index (χ1) is 7.72. The third kappa shape index (κ3) is 2.62. The van der Waals surface area contributed by atoms with Gasteiger partial charge in [-0.3, -0.25) is 0 Å². The first-order valence-electron chi connectivity index (χ1n) is 5.79. The van der Waals surface area contributed by atoms with E-state index in [1.165, 1.54) is 41.4 Å². The van der Waals surface area contributed by atoms with Crippen LogP contribution in [0.5, 0.6) is 0 Å². The van der Waals surface area contributed by atoms with Crippen LogP contribution in [0.3, 0.4) is 0 Å². The fraction of sp³-hybridized carbons (Fsp3) is 0.538. The summed E-state index contributed by atoms with van der Waals surface area (Å²) in [5.74, 6) is 0. The van der Waals surface area contributed by atoms with Gasteiger partial charge in [-0.05, 0) is 46.5 Å². The highest BCUT2D eigenvalue weighted by Crippen LogP contribution is 2.32. The van der Waals surface area contributed by atoms with Crippen LogP contribution in [0, 0.1) is 0 Å². The summed E-state index contributed by atoms with van der Waals surface area (Å²) >= 11 is 7.16. The maximum Gasteiger partial charge on any atom is 0.0510 e. The van der Waals surface area contributed by atoms with Gasteiger partial charge in [-0.2, -0.15) is 0 Å². The topological polar surface area (TPSA) is 3.24 Å². The largest absolute Gasteiger partial charge is 0.371 e. The molecule has 0 spiro atoms. The Morgan fingerprint density at radius 2 is 2.00 bits per heavy atom. The van der Waals surface area contributed by atoms with E-state index in [2.05, 4.69) is 62.0 Å². The fourth-order valence-electron chi connectivity index (χ4n) is 2.41. The van der Waals surface area contributed by atoms with Crippen molar-refractivity contribution >= 4 is 37.5 Å². The van der Waals surface area contributed by atoms with E-state index in [0.717, 1.165) is 11.4 Å². The normalized spacial score (nSPS) is 16.7. The van der Waals surface area contributed by atoms with Crippen molar-refractivity contribution < 1.29 is 0 Å². The Hall–Kier alpha value is -0.0200. The Labute approximate surface area is 114 Å². The van der Waals surface area contributed by atoms with Gasteiger partial charge in [0, 0.05) is 22.9 Å². The van der Waals surface area contributed by atoms with E-state index in [4.69, 9.17) is 0 Å². The SMILES string of the molecule is CN(c1ccc(CBr)cc1Br)C1CCCC1. The van der Waals surface area contributed by atoms with Gasteiger partial charge in [0.2, 0.25) is 0 Å². The summed E-state index contributed by atoms with van der Waals surface area (Å²) in [7, 11) is 2.21. The van der Waals surface area contributed by atoms with Crippen LogP contribution in [-0.2, 0) is 5.33 Å². The van der Waals surface area contributed by atoms with Gasteiger partial charge in [-0.15, -0.1) is 0 Å². The van der Waals surface area contributed by atoms with E-state index in [1.807, 2.05) is 0 Å². The maximum atomic E-state index is 3.67. The van der Waals surface area contributed by atoms with Crippen molar-refractivity contribution in [2.24, 2.45) is 0 Å². The molecule has 0 radical (unpaired) electrons. The molecule has 88 valence electrons. The van der Waals surface area contributed by atoms with Gasteiger partial charge in [0.15, 0.2) is 0 Å². The molecule has 1 aliphatic carbocycles. The molecule has 0 unspecified atom stereocenters. The van der Waals surface area contributed by atoms with Gasteiger partial charge in [0.1, 0.15) is 0 Å². The molecule has 1 nitrogen and oxygen atoms in total. The van der Waals surface area contributed by atoms with Crippen LogP contribution >= 0.6 is 31.9 Å². The zero-order valence-electron chi connectivity index (χ0n) is 9.55. The van der Waals surface area contributed by atoms with E-state index in [0.29, 0.717) is 0 Å². The van der Waals surface area contributed by atoms with Gasteiger partial charge in [0.25, 0.3) is 0 Å². The zero-order valence-corrected chi connectivity index (χ0v) is 12.7. The molecule has 1 aromatic carbocycles. The quantitative estimate of drug-likeness (QED) is 0.715. The third-order valence-electron chi connectivity index (χ3n) is 3.42. The van der Waals surface area contributed by atoms with Gasteiger partial charge in [0.05, 0.1) is 5.69 Å². The van der Waals surface area contributed by atoms with Crippen molar-refractivity contribution in [3.05, 3.63) is 28.2 Å². The number of nitrogens with zero attached hydrogens (tertiary/aromatic N) is 1. The lowest BCUT2D eigenvalue weighted by molar-refractivity contribution is 0.652. The predicted octanol–water partition coefficient (Wildman–Crippen LogP) is 4.72. The number of benzene rings is 1. The Kier molecular flexibility index (Phi) is 4.31. The van der Waals surface area contributed by atoms with Gasteiger partial charge >= 0.3 is 0 Å². The molecule has 16 heavy (non-hydrogen) atoms. The van der Waals surface area contributed by atoms with Gasteiger partial charge in [-0.1, -0.05) is 34.8 Å². The Balaban J connectivity index is 2.19. The highest BCUT2D eigenvalue weighted by molar-refractivity contribution is 9.10. The molecule has 0 saturated heterocycles. The molecule has 0 heterocycles. The highest BCUT2D eigenvalue weighted by atomic mass is 79.9. The lowest BCUT2D eigenvalue weighted by atomic mass is 10.1. The summed E-state index contributed by atoms with van der Waals surface area (Å²) in [6, 6.07) is 7.35. The highest BCUT2D eigenvalue weighted by Gasteiger charge is 2.21. The number of hydrogen-bond donors (Lipinski definition) is 0. The summed E-state index contributed by atoms with van der Waals surface area (Å²) in [5.41, 5.74) is 2.63. The average molecular weight is 347 g/mol. The summed E-state index contributed by atoms with van der Waals surface area (Å²) in [4.78, 5) is 2.43. The van der Waals surface area contributed by atoms with Crippen molar-refractivity contribution in [2.45, 2.75) is 37.1 Å². The number of halogens is 2. The number of alkyl halides is 1. The molecule has 3 heteroatoms. The van der Waals surface area contributed by atoms with Crippen LogP contribution in [0.15, 0.2) is 22.7 Å². The van der Waals surface area contributed by atoms with Crippen molar-refractivity contribution in [3.63, 3.8) is 0 Å². The van der Waals surface area contributed by atoms with Crippen molar-refractivity contribution in [3.8, 4) is 0 Å². The lowest BCUT2D eigenvalue weighted by Gasteiger charge is -2.27. The van der Waals surface area contributed by atoms with Crippen molar-refractivity contribution in [1.29, 1.82) is 0 Å². The van der Waals surface area contributed by atoms with Crippen LogP contribution < -0.4 is 4.90 Å². The molecule has 1 fully saturated rings. The van der Waals surface area contributed by atoms with E-state index >= 15 is 0 Å². The first-order valence-corrected chi connectivity index (χ1v) is 7.71. The molecular formula is C13H17Br2N. The van der Waals surface area contributed by atoms with E-state index < -0.39 is 0 Å². The molecule has 0 atom stereocenters. The van der Waals surface area contributed by atoms with Crippen molar-refractivity contribution in [2.75, 3.05) is 11.9 Å². The summed E-state index contributed by atoms with van der Waals surface area (Å²) < 4.78 is 1.21. The van der Waals surface area contributed by atoms with Crippen LogP contribution in [-0.4, -0.2) is 13.1 Å². The summed E-state index contributed by atoms with van der Waals surface area (Å²) in [5, 5.41) is 0.916. The predicted molar refractivity (Wildman–Crippen MR) is 77.4 cm³/mol. The fourth-order valence-corrected chi connectivity index (χ4v) is 3.46. The van der Waals surface area contributed by atoms with E-state index in [1.54, 1.807) is 0 Å². The molecule has 2 rings (SSSR count). The molecule has 1 aliphatic rings. The van der Waals surface area contributed by atoms with Crippen LogP contribution in [0.4, 0.5) is 5.69 Å². The van der Waals surface area contributed by atoms with Crippen LogP contribution in [0.2, 0.25) is 0 Å². The minimum Gasteiger partial charge on any atom is -0.371 e. The Morgan fingerprint density at radius 1 is 1.31 bits per heavy atom. The minimum atomic E-state index is 0.728. The standard InChI is InChI=1S/C13H17Br2N/c1-16(11-4-2-3-5-11)13-7-6-10(9-14)8-12(13)15/h6-8,11H,2-5,9H2,1H3. The first kappa shape index (κ1) is 12.4. The summed E-state index contributed by atoms with van der Waals surface area (Å²) in [6.07, 6.45) is 5.44. The zero-order chi connectivity index (χ0) is 11.5. The van der Waals surface area contributed by atoms with Gasteiger partial charge < -0.3 is 4.90 Å². The van der Waals surface area contributed by atoms with E-state index in [9.17, 15) is 0 Å². The monoisotopic (exact) mass is 345 g/mol. The molecule has 1 saturated carbocycles. The molecule has 0 aromatic heterocycles. The third-order valence-corrected chi connectivity index (χ3v) is 4.70. The second-order valence-electron chi connectivity index (χ2n) is 4.47. The van der Waals surface area contributed by atoms with Crippen molar-refractivity contribution in [1.82, 2.24) is 0 Å². The average Bonchev–Trinajstić information content (AvgIpc) is 2.81. The number of rotatable bonds is 3. The molecule has 0 bridgehead atoms. The number of hydrogen-bond acceptors (Lipinski definition) is 1. The maximum absolute atomic E-state index is 3.67. The lowest BCUT2D eigenvalue weighted by Crippen LogP contribution is -2.29. The van der Waals surface area contributed by atoms with Gasteiger partial charge in [-0.25, -0.2) is 0 Å². The second-order valence-corrected chi connectivity index (χ2v) is 5.88.